The van der Waals surface area contributed by atoms with Crippen molar-refractivity contribution in [2.24, 2.45) is 0 Å². The van der Waals surface area contributed by atoms with Gasteiger partial charge < -0.3 is 0 Å². The Bertz CT molecular complexity index is 56.9. The Hall–Kier alpha value is 1.36. The molecule has 0 heterocycles. The van der Waals surface area contributed by atoms with E-state index in [1.54, 1.807) is 17.1 Å². The van der Waals surface area contributed by atoms with Gasteiger partial charge in [0.05, 0.1) is 0 Å². The molecule has 0 rings (SSSR count). The third kappa shape index (κ3) is 55.2. The summed E-state index contributed by atoms with van der Waals surface area (Å²) in [6.07, 6.45) is 0. The molecule has 0 atom stereocenters. The molecule has 0 saturated carbocycles. The van der Waals surface area contributed by atoms with Crippen molar-refractivity contribution in [3.8, 4) is 0 Å². The van der Waals surface area contributed by atoms with Crippen LogP contribution in [0.2, 0.25) is 17.1 Å². The zero-order valence-corrected chi connectivity index (χ0v) is 5.73. The fourth-order valence-corrected chi connectivity index (χ4v) is 0. The Labute approximate surface area is 63.5 Å². The summed E-state index contributed by atoms with van der Waals surface area (Å²) in [6.45, 7) is 0. The topological polar surface area (TPSA) is 17.1 Å². The first-order valence-electron chi connectivity index (χ1n) is 1.52. The molecule has 34 valence electrons. The first kappa shape index (κ1) is 10.4. The van der Waals surface area contributed by atoms with Gasteiger partial charge in [0.25, 0.3) is 0 Å². The standard InChI is InChI=1S/C3H9AsO.Na.H/c1-4(2,3)5;;/h1-3H3;;. The summed E-state index contributed by atoms with van der Waals surface area (Å²) in [4.78, 5) is 0. The van der Waals surface area contributed by atoms with Crippen molar-refractivity contribution in [2.75, 3.05) is 0 Å². The van der Waals surface area contributed by atoms with Crippen molar-refractivity contribution < 1.29 is 3.74 Å². The molecule has 0 N–H and O–H groups in total. The summed E-state index contributed by atoms with van der Waals surface area (Å²) >= 11 is -2.12. The van der Waals surface area contributed by atoms with Gasteiger partial charge >= 0.3 is 63.9 Å². The minimum atomic E-state index is -2.12. The van der Waals surface area contributed by atoms with E-state index >= 15 is 0 Å². The van der Waals surface area contributed by atoms with Gasteiger partial charge in [-0.3, -0.25) is 0 Å². The van der Waals surface area contributed by atoms with Crippen molar-refractivity contribution in [2.45, 2.75) is 17.1 Å². The molecule has 0 aromatic heterocycles. The molecule has 1 nitrogen and oxygen atoms in total. The van der Waals surface area contributed by atoms with E-state index < -0.39 is 13.5 Å². The Morgan fingerprint density at radius 3 is 1.17 bits per heavy atom. The molecule has 6 heavy (non-hydrogen) atoms. The van der Waals surface area contributed by atoms with Crippen LogP contribution in [-0.4, -0.2) is 43.0 Å². The number of hydrogen-bond acceptors (Lipinski definition) is 1. The summed E-state index contributed by atoms with van der Waals surface area (Å²) in [5.41, 5.74) is 5.41. The predicted molar refractivity (Wildman–Crippen MR) is 31.2 cm³/mol. The molecule has 0 aliphatic carbocycles. The summed E-state index contributed by atoms with van der Waals surface area (Å²) in [5.74, 6) is 0. The van der Waals surface area contributed by atoms with Crippen LogP contribution in [0.15, 0.2) is 0 Å². The molecule has 0 unspecified atom stereocenters. The molecule has 0 saturated heterocycles. The fourth-order valence-electron chi connectivity index (χ4n) is 0. The van der Waals surface area contributed by atoms with E-state index in [4.69, 9.17) is 0 Å². The quantitative estimate of drug-likeness (QED) is 0.474. The van der Waals surface area contributed by atoms with Gasteiger partial charge in [-0.05, 0) is 0 Å². The van der Waals surface area contributed by atoms with Crippen LogP contribution in [-0.2, 0) is 3.74 Å². The van der Waals surface area contributed by atoms with Gasteiger partial charge in [0, 0.05) is 0 Å². The van der Waals surface area contributed by atoms with E-state index in [0.717, 1.165) is 0 Å². The molecule has 0 aromatic rings. The van der Waals surface area contributed by atoms with E-state index in [1.807, 2.05) is 0 Å². The first-order chi connectivity index (χ1) is 2.00. The van der Waals surface area contributed by atoms with Crippen molar-refractivity contribution >= 4 is 43.0 Å². The Morgan fingerprint density at radius 1 is 1.17 bits per heavy atom. The average molecular weight is 160 g/mol. The normalized spacial score (nSPS) is 9.83. The van der Waals surface area contributed by atoms with E-state index in [0.29, 0.717) is 0 Å². The fraction of sp³-hybridized carbons (Fsp3) is 1.00. The zero-order valence-electron chi connectivity index (χ0n) is 3.86. The maximum atomic E-state index is 10.3. The van der Waals surface area contributed by atoms with E-state index in [9.17, 15) is 3.74 Å². The molecular weight excluding hydrogens is 150 g/mol. The molecule has 0 spiro atoms. The molecule has 0 radical (unpaired) electrons. The minimum absolute atomic E-state index is 0. The van der Waals surface area contributed by atoms with E-state index in [-0.39, 0.29) is 29.6 Å². The van der Waals surface area contributed by atoms with Gasteiger partial charge in [-0.1, -0.05) is 0 Å². The van der Waals surface area contributed by atoms with E-state index in [2.05, 4.69) is 0 Å². The molecule has 0 aliphatic heterocycles. The van der Waals surface area contributed by atoms with Gasteiger partial charge in [-0.2, -0.15) is 0 Å². The number of rotatable bonds is 0. The number of hydrogen-bond donors (Lipinski definition) is 0. The second kappa shape index (κ2) is 3.37. The molecule has 0 bridgehead atoms. The molecule has 0 aromatic carbocycles. The van der Waals surface area contributed by atoms with Crippen LogP contribution in [0.4, 0.5) is 0 Å². The zero-order chi connectivity index (χ0) is 4.50. The van der Waals surface area contributed by atoms with Gasteiger partial charge in [0.15, 0.2) is 0 Å². The summed E-state index contributed by atoms with van der Waals surface area (Å²) < 4.78 is 10.3. The van der Waals surface area contributed by atoms with Crippen LogP contribution in [0.5, 0.6) is 0 Å². The third-order valence-corrected chi connectivity index (χ3v) is 0. The Kier molecular flexibility index (Phi) is 5.82. The van der Waals surface area contributed by atoms with Crippen LogP contribution in [0.25, 0.3) is 0 Å². The monoisotopic (exact) mass is 160 g/mol. The molecule has 0 aliphatic rings. The second-order valence-corrected chi connectivity index (χ2v) is 9.82. The predicted octanol–water partition coefficient (Wildman–Crippen LogP) is 0.603. The van der Waals surface area contributed by atoms with Crippen molar-refractivity contribution in [3.05, 3.63) is 0 Å². The van der Waals surface area contributed by atoms with Crippen molar-refractivity contribution in [1.29, 1.82) is 0 Å². The maximum absolute atomic E-state index is 10.3. The molecule has 3 heteroatoms. The van der Waals surface area contributed by atoms with Crippen molar-refractivity contribution in [3.63, 3.8) is 0 Å². The van der Waals surface area contributed by atoms with Crippen LogP contribution < -0.4 is 0 Å². The summed E-state index contributed by atoms with van der Waals surface area (Å²) in [7, 11) is 0. The SMILES string of the molecule is C[As](C)(C)=O.[NaH]. The van der Waals surface area contributed by atoms with Crippen LogP contribution in [0.3, 0.4) is 0 Å². The van der Waals surface area contributed by atoms with Crippen LogP contribution in [0, 0.1) is 0 Å². The van der Waals surface area contributed by atoms with E-state index in [1.165, 1.54) is 0 Å². The van der Waals surface area contributed by atoms with Gasteiger partial charge in [-0.25, -0.2) is 0 Å². The molecular formula is C3H10AsNaO. The average Bonchev–Trinajstić information content (AvgIpc) is 0.722. The summed E-state index contributed by atoms with van der Waals surface area (Å²) in [6, 6.07) is 0. The van der Waals surface area contributed by atoms with Gasteiger partial charge in [0.1, 0.15) is 0 Å². The first-order valence-corrected chi connectivity index (χ1v) is 7.92. The van der Waals surface area contributed by atoms with Gasteiger partial charge in [-0.15, -0.1) is 0 Å². The molecule has 0 amide bonds. The second-order valence-electron chi connectivity index (χ2n) is 1.89. The molecule has 0 fully saturated rings. The van der Waals surface area contributed by atoms with Crippen LogP contribution >= 0.6 is 0 Å². The van der Waals surface area contributed by atoms with Gasteiger partial charge in [0.2, 0.25) is 0 Å². The third-order valence-electron chi connectivity index (χ3n) is 0. The van der Waals surface area contributed by atoms with Crippen molar-refractivity contribution in [1.82, 2.24) is 0 Å². The Morgan fingerprint density at radius 2 is 1.17 bits per heavy atom. The summed E-state index contributed by atoms with van der Waals surface area (Å²) in [5, 5.41) is 0. The Balaban J connectivity index is 0. The van der Waals surface area contributed by atoms with Crippen LogP contribution in [0.1, 0.15) is 0 Å².